The van der Waals surface area contributed by atoms with Crippen molar-refractivity contribution >= 4 is 40.2 Å². The second kappa shape index (κ2) is 4.61. The maximum absolute atomic E-state index is 13.2. The van der Waals surface area contributed by atoms with Gasteiger partial charge in [0, 0.05) is 11.6 Å². The number of fused-ring (bicyclic) bond motifs is 1. The average Bonchev–Trinajstić information content (AvgIpc) is 2.75. The monoisotopic (exact) mass is 303 g/mol. The van der Waals surface area contributed by atoms with Crippen molar-refractivity contribution in [3.05, 3.63) is 44.3 Å². The number of anilines is 1. The van der Waals surface area contributed by atoms with E-state index in [0.29, 0.717) is 22.3 Å². The van der Waals surface area contributed by atoms with E-state index < -0.39 is 0 Å². The van der Waals surface area contributed by atoms with Gasteiger partial charge in [0.25, 0.3) is 0 Å². The first kappa shape index (κ1) is 12.1. The minimum atomic E-state index is -0.383. The summed E-state index contributed by atoms with van der Waals surface area (Å²) in [6, 6.07) is 4.48. The van der Waals surface area contributed by atoms with Gasteiger partial charge in [-0.2, -0.15) is 0 Å². The molecule has 18 heavy (non-hydrogen) atoms. The number of rotatable bonds is 1. The van der Waals surface area contributed by atoms with Gasteiger partial charge < -0.3 is 10.1 Å². The van der Waals surface area contributed by atoms with E-state index in [9.17, 15) is 4.39 Å². The quantitative estimate of drug-likeness (QED) is 0.821. The number of nitrogens with one attached hydrogen (secondary N) is 1. The molecule has 1 aliphatic rings. The number of thiophene rings is 1. The van der Waals surface area contributed by atoms with Crippen molar-refractivity contribution < 1.29 is 9.13 Å². The lowest BCUT2D eigenvalue weighted by Crippen LogP contribution is -2.23. The lowest BCUT2D eigenvalue weighted by Gasteiger charge is -2.27. The number of hydrogen-bond donors (Lipinski definition) is 1. The molecule has 0 saturated heterocycles. The zero-order valence-corrected chi connectivity index (χ0v) is 11.4. The van der Waals surface area contributed by atoms with Crippen LogP contribution < -0.4 is 10.1 Å². The lowest BCUT2D eigenvalue weighted by atomic mass is 10.1. The van der Waals surface area contributed by atoms with Crippen LogP contribution in [0.25, 0.3) is 0 Å². The zero-order valence-electron chi connectivity index (χ0n) is 9.04. The molecule has 2 aromatic rings. The van der Waals surface area contributed by atoms with Gasteiger partial charge >= 0.3 is 0 Å². The number of benzene rings is 1. The molecule has 0 radical (unpaired) electrons. The van der Waals surface area contributed by atoms with Crippen LogP contribution in [-0.4, -0.2) is 6.54 Å². The van der Waals surface area contributed by atoms with Gasteiger partial charge in [-0.05, 0) is 17.5 Å². The maximum Gasteiger partial charge on any atom is 0.162 e. The molecule has 3 rings (SSSR count). The minimum absolute atomic E-state index is 0.163. The molecule has 0 bridgehead atoms. The van der Waals surface area contributed by atoms with Crippen LogP contribution in [0.5, 0.6) is 5.75 Å². The first-order valence-electron chi connectivity index (χ1n) is 5.27. The van der Waals surface area contributed by atoms with Gasteiger partial charge in [-0.3, -0.25) is 0 Å². The molecule has 1 aromatic heterocycles. The Balaban J connectivity index is 1.93. The molecule has 1 unspecified atom stereocenters. The van der Waals surface area contributed by atoms with Crippen LogP contribution in [0.4, 0.5) is 10.1 Å². The van der Waals surface area contributed by atoms with Gasteiger partial charge in [-0.25, -0.2) is 4.39 Å². The van der Waals surface area contributed by atoms with E-state index in [4.69, 9.17) is 27.9 Å². The number of ether oxygens (including phenoxy) is 1. The smallest absolute Gasteiger partial charge is 0.162 e. The molecule has 0 spiro atoms. The predicted molar refractivity (Wildman–Crippen MR) is 72.6 cm³/mol. The second-order valence-corrected chi connectivity index (χ2v) is 5.89. The fraction of sp³-hybridized carbons (Fsp3) is 0.167. The second-order valence-electron chi connectivity index (χ2n) is 3.94. The van der Waals surface area contributed by atoms with Crippen LogP contribution in [-0.2, 0) is 0 Å². The van der Waals surface area contributed by atoms with Crippen molar-refractivity contribution in [2.45, 2.75) is 6.10 Å². The molecule has 0 saturated carbocycles. The summed E-state index contributed by atoms with van der Waals surface area (Å²) in [4.78, 5) is 0. The molecule has 1 aliphatic heterocycles. The Kier molecular flexibility index (Phi) is 3.09. The highest BCUT2D eigenvalue weighted by molar-refractivity contribution is 7.14. The number of halogens is 3. The van der Waals surface area contributed by atoms with Gasteiger partial charge in [0.2, 0.25) is 0 Å². The zero-order chi connectivity index (χ0) is 12.7. The molecule has 0 aliphatic carbocycles. The first-order valence-corrected chi connectivity index (χ1v) is 6.90. The third-order valence-corrected chi connectivity index (χ3v) is 4.10. The Morgan fingerprint density at radius 1 is 1.33 bits per heavy atom. The summed E-state index contributed by atoms with van der Waals surface area (Å²) in [6.45, 7) is 0.555. The Morgan fingerprint density at radius 3 is 2.89 bits per heavy atom. The molecule has 1 aromatic carbocycles. The summed E-state index contributed by atoms with van der Waals surface area (Å²) in [5, 5.41) is 5.32. The van der Waals surface area contributed by atoms with Gasteiger partial charge in [-0.15, -0.1) is 11.3 Å². The normalized spacial score (nSPS) is 17.8. The van der Waals surface area contributed by atoms with Gasteiger partial charge in [-0.1, -0.05) is 23.2 Å². The van der Waals surface area contributed by atoms with Crippen LogP contribution in [0.15, 0.2) is 23.6 Å². The van der Waals surface area contributed by atoms with Crippen LogP contribution >= 0.6 is 34.5 Å². The third-order valence-electron chi connectivity index (χ3n) is 2.71. The van der Waals surface area contributed by atoms with E-state index in [-0.39, 0.29) is 16.9 Å². The summed E-state index contributed by atoms with van der Waals surface area (Å²) in [7, 11) is 0. The molecule has 0 fully saturated rings. The van der Waals surface area contributed by atoms with Gasteiger partial charge in [0.05, 0.1) is 21.6 Å². The highest BCUT2D eigenvalue weighted by atomic mass is 35.5. The van der Waals surface area contributed by atoms with E-state index >= 15 is 0 Å². The van der Waals surface area contributed by atoms with Crippen molar-refractivity contribution in [1.29, 1.82) is 0 Å². The highest BCUT2D eigenvalue weighted by Gasteiger charge is 2.24. The topological polar surface area (TPSA) is 21.3 Å². The summed E-state index contributed by atoms with van der Waals surface area (Å²) >= 11 is 13.3. The van der Waals surface area contributed by atoms with Crippen molar-refractivity contribution in [2.24, 2.45) is 0 Å². The SMILES string of the molecule is Fc1cc(Cl)c2c(c1)NCC(c1csc(Cl)c1)O2. The molecular formula is C12H8Cl2FNOS. The molecule has 6 heteroatoms. The summed E-state index contributed by atoms with van der Waals surface area (Å²) in [5.74, 6) is 0.100. The molecule has 94 valence electrons. The fourth-order valence-electron chi connectivity index (χ4n) is 1.88. The Morgan fingerprint density at radius 2 is 2.17 bits per heavy atom. The van der Waals surface area contributed by atoms with Crippen molar-refractivity contribution in [2.75, 3.05) is 11.9 Å². The van der Waals surface area contributed by atoms with Gasteiger partial charge in [0.15, 0.2) is 5.75 Å². The molecule has 0 amide bonds. The van der Waals surface area contributed by atoms with Crippen molar-refractivity contribution in [3.8, 4) is 5.75 Å². The van der Waals surface area contributed by atoms with Crippen LogP contribution in [0, 0.1) is 5.82 Å². The largest absolute Gasteiger partial charge is 0.480 e. The maximum atomic E-state index is 13.2. The van der Waals surface area contributed by atoms with Crippen LogP contribution in [0.3, 0.4) is 0 Å². The van der Waals surface area contributed by atoms with Crippen molar-refractivity contribution in [3.63, 3.8) is 0 Å². The average molecular weight is 304 g/mol. The Hall–Kier alpha value is -0.970. The standard InChI is InChI=1S/C12H8Cl2FNOS/c13-8-2-7(15)3-9-12(8)17-10(4-16-9)6-1-11(14)18-5-6/h1-3,5,10,16H,4H2. The van der Waals surface area contributed by atoms with Crippen LogP contribution in [0.2, 0.25) is 9.36 Å². The van der Waals surface area contributed by atoms with Gasteiger partial charge in [0.1, 0.15) is 11.9 Å². The third kappa shape index (κ3) is 2.16. The highest BCUT2D eigenvalue weighted by Crippen LogP contribution is 2.41. The van der Waals surface area contributed by atoms with E-state index in [1.165, 1.54) is 23.5 Å². The molecule has 1 atom stereocenters. The predicted octanol–water partition coefficient (Wildman–Crippen LogP) is 4.74. The summed E-state index contributed by atoms with van der Waals surface area (Å²) in [5.41, 5.74) is 1.57. The Bertz CT molecular complexity index is 602. The number of hydrogen-bond acceptors (Lipinski definition) is 3. The minimum Gasteiger partial charge on any atom is -0.480 e. The first-order chi connectivity index (χ1) is 8.63. The molecule has 2 nitrogen and oxygen atoms in total. The summed E-state index contributed by atoms with van der Waals surface area (Å²) in [6.07, 6.45) is -0.163. The molecule has 2 heterocycles. The molecular weight excluding hydrogens is 296 g/mol. The Labute approximate surface area is 117 Å². The van der Waals surface area contributed by atoms with E-state index in [1.54, 1.807) is 0 Å². The molecule has 1 N–H and O–H groups in total. The summed E-state index contributed by atoms with van der Waals surface area (Å²) < 4.78 is 19.7. The fourth-order valence-corrected chi connectivity index (χ4v) is 3.06. The van der Waals surface area contributed by atoms with E-state index in [1.807, 2.05) is 11.4 Å². The van der Waals surface area contributed by atoms with Crippen LogP contribution in [0.1, 0.15) is 11.7 Å². The lowest BCUT2D eigenvalue weighted by molar-refractivity contribution is 0.211. The van der Waals surface area contributed by atoms with E-state index in [2.05, 4.69) is 5.32 Å². The van der Waals surface area contributed by atoms with Crippen molar-refractivity contribution in [1.82, 2.24) is 0 Å². The van der Waals surface area contributed by atoms with E-state index in [0.717, 1.165) is 5.56 Å².